The van der Waals surface area contributed by atoms with Crippen molar-refractivity contribution in [3.63, 3.8) is 0 Å². The van der Waals surface area contributed by atoms with Gasteiger partial charge in [-0.2, -0.15) is 0 Å². The lowest BCUT2D eigenvalue weighted by Gasteiger charge is -2.24. The van der Waals surface area contributed by atoms with Crippen molar-refractivity contribution in [1.82, 2.24) is 16.0 Å². The Morgan fingerprint density at radius 2 is 1.45 bits per heavy atom. The van der Waals surface area contributed by atoms with E-state index in [1.807, 2.05) is 5.32 Å². The Morgan fingerprint density at radius 3 is 1.90 bits per heavy atom. The maximum Gasteiger partial charge on any atom is 0.322 e. The van der Waals surface area contributed by atoms with E-state index in [1.165, 1.54) is 6.92 Å². The maximum absolute atomic E-state index is 12.4. The Bertz CT molecular complexity index is 652. The molecule has 0 bridgehead atoms. The molecule has 0 aliphatic carbocycles. The number of aliphatic carboxylic acids is 2. The topological polar surface area (TPSA) is 251 Å². The maximum atomic E-state index is 12.4. The second-order valence-electron chi connectivity index (χ2n) is 6.10. The van der Waals surface area contributed by atoms with E-state index in [-0.39, 0.29) is 6.42 Å². The lowest BCUT2D eigenvalue weighted by Crippen LogP contribution is -2.57. The van der Waals surface area contributed by atoms with Crippen LogP contribution in [0.3, 0.4) is 0 Å². The number of amides is 4. The first-order valence-corrected chi connectivity index (χ1v) is 8.39. The number of carbonyl (C=O) groups excluding carboxylic acids is 4. The summed E-state index contributed by atoms with van der Waals surface area (Å²) in [5.41, 5.74) is 10.5. The monoisotopic (exact) mass is 419 g/mol. The summed E-state index contributed by atoms with van der Waals surface area (Å²) in [5.74, 6) is -6.64. The normalized spacial score (nSPS) is 14.6. The SMILES string of the molecule is CC(O)C(N)C(=O)NC(CCC(=O)O)C(=O)NC(CC(N)=O)C(=O)NCC(=O)O. The number of rotatable bonds is 13. The molecule has 0 aliphatic heterocycles. The van der Waals surface area contributed by atoms with Gasteiger partial charge in [0, 0.05) is 6.42 Å². The number of carboxylic acids is 2. The Morgan fingerprint density at radius 1 is 0.897 bits per heavy atom. The number of aliphatic hydroxyl groups is 1. The van der Waals surface area contributed by atoms with Crippen LogP contribution in [-0.2, 0) is 28.8 Å². The van der Waals surface area contributed by atoms with Crippen molar-refractivity contribution in [3.05, 3.63) is 0 Å². The highest BCUT2D eigenvalue weighted by Gasteiger charge is 2.30. The summed E-state index contributed by atoms with van der Waals surface area (Å²) in [7, 11) is 0. The van der Waals surface area contributed by atoms with Gasteiger partial charge in [-0.05, 0) is 13.3 Å². The Balaban J connectivity index is 5.34. The zero-order chi connectivity index (χ0) is 22.7. The number of hydrogen-bond donors (Lipinski definition) is 8. The summed E-state index contributed by atoms with van der Waals surface area (Å²) in [4.78, 5) is 68.9. The highest BCUT2D eigenvalue weighted by Crippen LogP contribution is 2.02. The van der Waals surface area contributed by atoms with Crippen molar-refractivity contribution >= 4 is 35.6 Å². The Hall–Kier alpha value is -3.26. The van der Waals surface area contributed by atoms with Crippen LogP contribution in [0, 0.1) is 0 Å². The predicted octanol–water partition coefficient (Wildman–Crippen LogP) is -4.39. The summed E-state index contributed by atoms with van der Waals surface area (Å²) < 4.78 is 0. The molecule has 0 saturated carbocycles. The number of primary amides is 1. The van der Waals surface area contributed by atoms with Gasteiger partial charge in [-0.15, -0.1) is 0 Å². The molecule has 29 heavy (non-hydrogen) atoms. The molecule has 0 aromatic heterocycles. The Kier molecular flexibility index (Phi) is 10.9. The molecule has 14 heteroatoms. The molecule has 0 aromatic carbocycles. The third-order valence-corrected chi connectivity index (χ3v) is 3.55. The van der Waals surface area contributed by atoms with Gasteiger partial charge in [0.15, 0.2) is 0 Å². The van der Waals surface area contributed by atoms with Crippen LogP contribution in [0.5, 0.6) is 0 Å². The molecule has 10 N–H and O–H groups in total. The van der Waals surface area contributed by atoms with E-state index in [9.17, 15) is 33.9 Å². The molecule has 0 aliphatic rings. The largest absolute Gasteiger partial charge is 0.481 e. The van der Waals surface area contributed by atoms with Crippen LogP contribution >= 0.6 is 0 Å². The second-order valence-corrected chi connectivity index (χ2v) is 6.10. The van der Waals surface area contributed by atoms with Crippen LogP contribution in [0.25, 0.3) is 0 Å². The average molecular weight is 419 g/mol. The van der Waals surface area contributed by atoms with Crippen LogP contribution in [0.1, 0.15) is 26.2 Å². The molecule has 0 heterocycles. The van der Waals surface area contributed by atoms with E-state index in [1.54, 1.807) is 0 Å². The number of hydrogen-bond acceptors (Lipinski definition) is 8. The van der Waals surface area contributed by atoms with Crippen molar-refractivity contribution < 1.29 is 44.1 Å². The molecule has 0 rings (SSSR count). The molecule has 0 aromatic rings. The number of aliphatic hydroxyl groups excluding tert-OH is 1. The second kappa shape index (κ2) is 12.2. The number of nitrogens with one attached hydrogen (secondary N) is 3. The van der Waals surface area contributed by atoms with E-state index >= 15 is 0 Å². The van der Waals surface area contributed by atoms with Crippen LogP contribution in [0.2, 0.25) is 0 Å². The summed E-state index contributed by atoms with van der Waals surface area (Å²) in [6, 6.07) is -4.43. The van der Waals surface area contributed by atoms with Crippen LogP contribution in [-0.4, -0.2) is 81.7 Å². The zero-order valence-corrected chi connectivity index (χ0v) is 15.6. The summed E-state index contributed by atoms with van der Waals surface area (Å²) >= 11 is 0. The van der Waals surface area contributed by atoms with Crippen molar-refractivity contribution in [1.29, 1.82) is 0 Å². The molecular formula is C15H25N5O9. The van der Waals surface area contributed by atoms with Gasteiger partial charge in [-0.25, -0.2) is 0 Å². The number of carboxylic acid groups (broad SMARTS) is 2. The molecule has 0 fully saturated rings. The number of carbonyl (C=O) groups is 6. The first kappa shape index (κ1) is 25.7. The van der Waals surface area contributed by atoms with E-state index in [4.69, 9.17) is 21.7 Å². The molecule has 0 radical (unpaired) electrons. The van der Waals surface area contributed by atoms with Gasteiger partial charge in [0.25, 0.3) is 0 Å². The first-order valence-electron chi connectivity index (χ1n) is 8.39. The minimum atomic E-state index is -1.56. The van der Waals surface area contributed by atoms with Crippen molar-refractivity contribution in [2.45, 2.75) is 50.4 Å². The summed E-state index contributed by atoms with van der Waals surface area (Å²) in [6.07, 6.45) is -2.86. The van der Waals surface area contributed by atoms with Crippen LogP contribution in [0.4, 0.5) is 0 Å². The highest BCUT2D eigenvalue weighted by atomic mass is 16.4. The smallest absolute Gasteiger partial charge is 0.322 e. The van der Waals surface area contributed by atoms with Crippen LogP contribution in [0.15, 0.2) is 0 Å². The molecule has 164 valence electrons. The molecule has 0 saturated heterocycles. The fourth-order valence-corrected chi connectivity index (χ4v) is 1.99. The third-order valence-electron chi connectivity index (χ3n) is 3.55. The van der Waals surface area contributed by atoms with Gasteiger partial charge in [-0.1, -0.05) is 0 Å². The van der Waals surface area contributed by atoms with Crippen molar-refractivity contribution in [2.24, 2.45) is 11.5 Å². The fraction of sp³-hybridized carbons (Fsp3) is 0.600. The summed E-state index contributed by atoms with van der Waals surface area (Å²) in [5, 5.41) is 33.0. The first-order chi connectivity index (χ1) is 13.3. The fourth-order valence-electron chi connectivity index (χ4n) is 1.99. The predicted molar refractivity (Wildman–Crippen MR) is 94.8 cm³/mol. The molecule has 0 spiro atoms. The van der Waals surface area contributed by atoms with Gasteiger partial charge >= 0.3 is 11.9 Å². The number of nitrogens with two attached hydrogens (primary N) is 2. The van der Waals surface area contributed by atoms with Gasteiger partial charge < -0.3 is 42.7 Å². The van der Waals surface area contributed by atoms with Gasteiger partial charge in [0.05, 0.1) is 12.5 Å². The van der Waals surface area contributed by atoms with Gasteiger partial charge in [0.2, 0.25) is 23.6 Å². The molecule has 4 unspecified atom stereocenters. The van der Waals surface area contributed by atoms with Crippen molar-refractivity contribution in [3.8, 4) is 0 Å². The molecule has 14 nitrogen and oxygen atoms in total. The van der Waals surface area contributed by atoms with Gasteiger partial charge in [-0.3, -0.25) is 28.8 Å². The molecular weight excluding hydrogens is 394 g/mol. The quantitative estimate of drug-likeness (QED) is 0.142. The standard InChI is InChI=1S/C15H25N5O9/c1-6(21)12(17)15(29)19-7(2-3-10(23)24)14(28)20-8(4-9(16)22)13(27)18-5-11(25)26/h6-8,12,21H,2-5,17H2,1H3,(H2,16,22)(H,18,27)(H,19,29)(H,20,28)(H,23,24)(H,25,26). The molecule has 4 amide bonds. The molecule has 4 atom stereocenters. The summed E-state index contributed by atoms with van der Waals surface area (Å²) in [6.45, 7) is 0.443. The lowest BCUT2D eigenvalue weighted by atomic mass is 10.1. The zero-order valence-electron chi connectivity index (χ0n) is 15.6. The van der Waals surface area contributed by atoms with Gasteiger partial charge in [0.1, 0.15) is 24.7 Å². The average Bonchev–Trinajstić information content (AvgIpc) is 2.60. The van der Waals surface area contributed by atoms with E-state index < -0.39 is 79.2 Å². The van der Waals surface area contributed by atoms with E-state index in [0.717, 1.165) is 0 Å². The van der Waals surface area contributed by atoms with Crippen molar-refractivity contribution in [2.75, 3.05) is 6.54 Å². The highest BCUT2D eigenvalue weighted by molar-refractivity contribution is 5.95. The minimum absolute atomic E-state index is 0.389. The Labute approximate surface area is 165 Å². The van der Waals surface area contributed by atoms with E-state index in [0.29, 0.717) is 0 Å². The third kappa shape index (κ3) is 10.6. The minimum Gasteiger partial charge on any atom is -0.481 e. The van der Waals surface area contributed by atoms with E-state index in [2.05, 4.69) is 10.6 Å². The van der Waals surface area contributed by atoms with Crippen LogP contribution < -0.4 is 27.4 Å². The lowest BCUT2D eigenvalue weighted by molar-refractivity contribution is -0.139.